The van der Waals surface area contributed by atoms with Gasteiger partial charge in [0, 0.05) is 6.07 Å². The molecule has 0 radical (unpaired) electrons. The number of hydrogen-bond acceptors (Lipinski definition) is 2. The van der Waals surface area contributed by atoms with Crippen molar-refractivity contribution in [2.75, 3.05) is 11.9 Å². The lowest BCUT2D eigenvalue weighted by Gasteiger charge is -2.13. The van der Waals surface area contributed by atoms with E-state index >= 15 is 0 Å². The number of halogens is 3. The lowest BCUT2D eigenvalue weighted by Crippen LogP contribution is -2.25. The van der Waals surface area contributed by atoms with E-state index in [-0.39, 0.29) is 47.8 Å². The number of guanidine groups is 1. The molecule has 0 aliphatic carbocycles. The Morgan fingerprint density at radius 2 is 1.92 bits per heavy atom. The number of nitrogens with zero attached hydrogens (tertiary/aromatic N) is 1. The van der Waals surface area contributed by atoms with Crippen LogP contribution in [0, 0.1) is 11.6 Å². The quantitative estimate of drug-likeness (QED) is 0.409. The summed E-state index contributed by atoms with van der Waals surface area (Å²) in [5.74, 6) is -1.10. The lowest BCUT2D eigenvalue weighted by molar-refractivity contribution is 0.0501. The fourth-order valence-corrected chi connectivity index (χ4v) is 2.72. The van der Waals surface area contributed by atoms with Gasteiger partial charge in [-0.2, -0.15) is 0 Å². The highest BCUT2D eigenvalue weighted by atomic mass is 127. The summed E-state index contributed by atoms with van der Waals surface area (Å²) in [7, 11) is 0. The van der Waals surface area contributed by atoms with Crippen molar-refractivity contribution in [1.29, 1.82) is 0 Å². The van der Waals surface area contributed by atoms with Crippen molar-refractivity contribution in [2.45, 2.75) is 25.0 Å². The van der Waals surface area contributed by atoms with Crippen LogP contribution in [0.2, 0.25) is 0 Å². The summed E-state index contributed by atoms with van der Waals surface area (Å²) in [4.78, 5) is 4.17. The smallest absolute Gasteiger partial charge is 0.193 e. The molecule has 3 rings (SSSR count). The Balaban J connectivity index is 0.00000225. The highest BCUT2D eigenvalue weighted by molar-refractivity contribution is 14.0. The maximum absolute atomic E-state index is 13.5. The van der Waals surface area contributed by atoms with Gasteiger partial charge in [-0.05, 0) is 30.5 Å². The monoisotopic (exact) mass is 459 g/mol. The van der Waals surface area contributed by atoms with Gasteiger partial charge in [-0.25, -0.2) is 8.78 Å². The van der Waals surface area contributed by atoms with Gasteiger partial charge in [0.1, 0.15) is 11.6 Å². The maximum Gasteiger partial charge on any atom is 0.193 e. The molecule has 0 spiro atoms. The van der Waals surface area contributed by atoms with Crippen molar-refractivity contribution in [3.63, 3.8) is 0 Å². The number of rotatable bonds is 4. The third-order valence-corrected chi connectivity index (χ3v) is 3.94. The Labute approximate surface area is 162 Å². The molecule has 1 aliphatic rings. The van der Waals surface area contributed by atoms with Crippen LogP contribution < -0.4 is 11.1 Å². The van der Waals surface area contributed by atoms with E-state index < -0.39 is 11.6 Å². The summed E-state index contributed by atoms with van der Waals surface area (Å²) in [6.45, 7) is 0.374. The fraction of sp³-hybridized carbons (Fsp3) is 0.278. The van der Waals surface area contributed by atoms with Gasteiger partial charge in [-0.1, -0.05) is 30.3 Å². The van der Waals surface area contributed by atoms with E-state index in [0.717, 1.165) is 36.6 Å². The van der Waals surface area contributed by atoms with Gasteiger partial charge in [0.2, 0.25) is 0 Å². The van der Waals surface area contributed by atoms with Gasteiger partial charge >= 0.3 is 0 Å². The van der Waals surface area contributed by atoms with E-state index in [1.165, 1.54) is 0 Å². The number of hydrogen-bond donors (Lipinski definition) is 2. The molecule has 134 valence electrons. The van der Waals surface area contributed by atoms with Crippen molar-refractivity contribution in [2.24, 2.45) is 10.7 Å². The minimum Gasteiger partial charge on any atom is -0.370 e. The Kier molecular flexibility index (Phi) is 7.12. The molecule has 2 atom stereocenters. The summed E-state index contributed by atoms with van der Waals surface area (Å²) in [6.07, 6.45) is 1.84. The van der Waals surface area contributed by atoms with Crippen LogP contribution in [0.1, 0.15) is 24.5 Å². The van der Waals surface area contributed by atoms with Crippen molar-refractivity contribution < 1.29 is 13.5 Å². The second-order valence-electron chi connectivity index (χ2n) is 5.71. The summed E-state index contributed by atoms with van der Waals surface area (Å²) < 4.78 is 32.6. The van der Waals surface area contributed by atoms with Gasteiger partial charge in [0.25, 0.3) is 0 Å². The van der Waals surface area contributed by atoms with Crippen LogP contribution in [-0.2, 0) is 4.74 Å². The van der Waals surface area contributed by atoms with Crippen LogP contribution >= 0.6 is 24.0 Å². The zero-order chi connectivity index (χ0) is 16.9. The normalized spacial score (nSPS) is 20.2. The summed E-state index contributed by atoms with van der Waals surface area (Å²) in [6, 6.07) is 13.1. The maximum atomic E-state index is 13.5. The first-order chi connectivity index (χ1) is 11.6. The van der Waals surface area contributed by atoms with E-state index in [1.807, 2.05) is 30.3 Å². The highest BCUT2D eigenvalue weighted by Crippen LogP contribution is 2.32. The second kappa shape index (κ2) is 9.10. The predicted octanol–water partition coefficient (Wildman–Crippen LogP) is 4.23. The van der Waals surface area contributed by atoms with Crippen LogP contribution in [-0.4, -0.2) is 18.6 Å². The standard InChI is InChI=1S/C18H19F2N3O.HI/c19-13-6-8-15(20)16(10-13)23-18(21)22-11-14-7-9-17(24-14)12-4-2-1-3-5-12;/h1-6,8,10,14,17H,7,9,11H2,(H3,21,22,23);1H/t14-,17+;/m1./s1. The summed E-state index contributed by atoms with van der Waals surface area (Å²) in [5, 5.41) is 2.58. The Morgan fingerprint density at radius 1 is 1.16 bits per heavy atom. The van der Waals surface area contributed by atoms with E-state index in [0.29, 0.717) is 6.54 Å². The van der Waals surface area contributed by atoms with E-state index in [1.54, 1.807) is 0 Å². The molecule has 0 amide bonds. The molecule has 7 heteroatoms. The molecule has 0 bridgehead atoms. The first kappa shape index (κ1) is 19.6. The van der Waals surface area contributed by atoms with Crippen LogP contribution in [0.25, 0.3) is 0 Å². The molecule has 1 heterocycles. The van der Waals surface area contributed by atoms with Gasteiger partial charge in [0.05, 0.1) is 24.4 Å². The van der Waals surface area contributed by atoms with Gasteiger partial charge < -0.3 is 15.8 Å². The van der Waals surface area contributed by atoms with Gasteiger partial charge in [-0.15, -0.1) is 24.0 Å². The van der Waals surface area contributed by atoms with Gasteiger partial charge in [0.15, 0.2) is 5.96 Å². The molecule has 0 saturated carbocycles. The molecule has 1 fully saturated rings. The second-order valence-corrected chi connectivity index (χ2v) is 5.71. The molecule has 0 aromatic heterocycles. The third kappa shape index (κ3) is 5.37. The first-order valence-corrected chi connectivity index (χ1v) is 7.84. The molecule has 0 unspecified atom stereocenters. The number of anilines is 1. The average molecular weight is 459 g/mol. The average Bonchev–Trinajstić information content (AvgIpc) is 3.06. The SMILES string of the molecule is I.NC(=NC[C@H]1CC[C@@H](c2ccccc2)O1)Nc1cc(F)ccc1F. The molecule has 1 aliphatic heterocycles. The van der Waals surface area contributed by atoms with Crippen molar-refractivity contribution in [3.05, 3.63) is 65.7 Å². The minimum absolute atomic E-state index is 0. The van der Waals surface area contributed by atoms with Crippen LogP contribution in [0.15, 0.2) is 53.5 Å². The van der Waals surface area contributed by atoms with E-state index in [4.69, 9.17) is 10.5 Å². The van der Waals surface area contributed by atoms with Crippen molar-refractivity contribution in [3.8, 4) is 0 Å². The molecule has 25 heavy (non-hydrogen) atoms. The Morgan fingerprint density at radius 3 is 2.68 bits per heavy atom. The van der Waals surface area contributed by atoms with E-state index in [9.17, 15) is 8.78 Å². The largest absolute Gasteiger partial charge is 0.370 e. The van der Waals surface area contributed by atoms with Crippen molar-refractivity contribution >= 4 is 35.6 Å². The molecular weight excluding hydrogens is 439 g/mol. The third-order valence-electron chi connectivity index (χ3n) is 3.94. The van der Waals surface area contributed by atoms with Crippen LogP contribution in [0.4, 0.5) is 14.5 Å². The molecule has 1 saturated heterocycles. The van der Waals surface area contributed by atoms with E-state index in [2.05, 4.69) is 10.3 Å². The molecule has 2 aromatic carbocycles. The lowest BCUT2D eigenvalue weighted by atomic mass is 10.1. The topological polar surface area (TPSA) is 59.6 Å². The van der Waals surface area contributed by atoms with Gasteiger partial charge in [-0.3, -0.25) is 4.99 Å². The zero-order valence-electron chi connectivity index (χ0n) is 13.5. The minimum atomic E-state index is -0.587. The molecular formula is C18H20F2IN3O. The fourth-order valence-electron chi connectivity index (χ4n) is 2.72. The Bertz CT molecular complexity index is 728. The number of nitrogens with two attached hydrogens (primary N) is 1. The molecule has 2 aromatic rings. The number of benzene rings is 2. The molecule has 4 nitrogen and oxygen atoms in total. The van der Waals surface area contributed by atoms with Crippen LogP contribution in [0.3, 0.4) is 0 Å². The number of nitrogens with one attached hydrogen (secondary N) is 1. The summed E-state index contributed by atoms with van der Waals surface area (Å²) in [5.41, 5.74) is 6.86. The Hall–Kier alpha value is -1.74. The summed E-state index contributed by atoms with van der Waals surface area (Å²) >= 11 is 0. The molecule has 3 N–H and O–H groups in total. The highest BCUT2D eigenvalue weighted by Gasteiger charge is 2.26. The first-order valence-electron chi connectivity index (χ1n) is 7.84. The predicted molar refractivity (Wildman–Crippen MR) is 105 cm³/mol. The zero-order valence-corrected chi connectivity index (χ0v) is 15.8. The number of ether oxygens (including phenoxy) is 1. The van der Waals surface area contributed by atoms with Crippen LogP contribution in [0.5, 0.6) is 0 Å². The number of aliphatic imine (C=N–C) groups is 1. The van der Waals surface area contributed by atoms with Crippen molar-refractivity contribution in [1.82, 2.24) is 0 Å².